The Morgan fingerprint density at radius 2 is 1.93 bits per heavy atom. The summed E-state index contributed by atoms with van der Waals surface area (Å²) >= 11 is 1.27. The summed E-state index contributed by atoms with van der Waals surface area (Å²) in [7, 11) is 0. The Morgan fingerprint density at radius 1 is 1.14 bits per heavy atom. The first kappa shape index (κ1) is 19.0. The second-order valence-corrected chi connectivity index (χ2v) is 8.44. The van der Waals surface area contributed by atoms with Gasteiger partial charge in [-0.25, -0.2) is 0 Å². The van der Waals surface area contributed by atoms with Crippen LogP contribution in [0.15, 0.2) is 42.5 Å². The SMILES string of the molecule is CC(C)C(=O)Nc1cccc(C2CCN(Cc3ccc4nsnc4c3)CC2)c1. The monoisotopic (exact) mass is 394 g/mol. The summed E-state index contributed by atoms with van der Waals surface area (Å²) < 4.78 is 8.62. The third-order valence-electron chi connectivity index (χ3n) is 5.46. The zero-order valence-electron chi connectivity index (χ0n) is 16.4. The second kappa shape index (κ2) is 8.37. The van der Waals surface area contributed by atoms with E-state index in [1.807, 2.05) is 19.9 Å². The van der Waals surface area contributed by atoms with Crippen molar-refractivity contribution in [3.8, 4) is 0 Å². The maximum atomic E-state index is 12.0. The van der Waals surface area contributed by atoms with Crippen LogP contribution in [0.2, 0.25) is 0 Å². The third kappa shape index (κ3) is 4.39. The van der Waals surface area contributed by atoms with Crippen LogP contribution in [0.1, 0.15) is 43.7 Å². The number of piperidine rings is 1. The number of benzene rings is 2. The molecule has 1 fully saturated rings. The van der Waals surface area contributed by atoms with E-state index in [9.17, 15) is 4.79 Å². The van der Waals surface area contributed by atoms with E-state index in [-0.39, 0.29) is 11.8 Å². The van der Waals surface area contributed by atoms with Crippen molar-refractivity contribution in [3.63, 3.8) is 0 Å². The lowest BCUT2D eigenvalue weighted by Crippen LogP contribution is -2.32. The molecule has 2 heterocycles. The number of fused-ring (bicyclic) bond motifs is 1. The number of aromatic nitrogens is 2. The van der Waals surface area contributed by atoms with Crippen LogP contribution in [0.25, 0.3) is 11.0 Å². The van der Waals surface area contributed by atoms with Gasteiger partial charge in [-0.05, 0) is 67.2 Å². The van der Waals surface area contributed by atoms with Crippen LogP contribution in [-0.4, -0.2) is 32.6 Å². The maximum Gasteiger partial charge on any atom is 0.226 e. The normalized spacial score (nSPS) is 16.0. The van der Waals surface area contributed by atoms with Crippen molar-refractivity contribution >= 4 is 34.4 Å². The number of nitrogens with zero attached hydrogens (tertiary/aromatic N) is 3. The molecule has 1 amide bonds. The first-order valence-corrected chi connectivity index (χ1v) is 10.7. The zero-order chi connectivity index (χ0) is 19.5. The highest BCUT2D eigenvalue weighted by Gasteiger charge is 2.21. The Morgan fingerprint density at radius 3 is 2.71 bits per heavy atom. The fourth-order valence-electron chi connectivity index (χ4n) is 3.77. The first-order chi connectivity index (χ1) is 13.6. The summed E-state index contributed by atoms with van der Waals surface area (Å²) in [5.41, 5.74) is 5.52. The minimum absolute atomic E-state index is 0.00817. The van der Waals surface area contributed by atoms with Gasteiger partial charge in [0.15, 0.2) is 0 Å². The number of amides is 1. The number of hydrogen-bond acceptors (Lipinski definition) is 5. The van der Waals surface area contributed by atoms with E-state index in [4.69, 9.17) is 0 Å². The Balaban J connectivity index is 1.35. The van der Waals surface area contributed by atoms with Crippen molar-refractivity contribution in [2.24, 2.45) is 5.92 Å². The van der Waals surface area contributed by atoms with E-state index in [1.165, 1.54) is 22.9 Å². The van der Waals surface area contributed by atoms with Gasteiger partial charge in [-0.15, -0.1) is 0 Å². The van der Waals surface area contributed by atoms with Crippen molar-refractivity contribution in [1.29, 1.82) is 0 Å². The summed E-state index contributed by atoms with van der Waals surface area (Å²) in [4.78, 5) is 14.5. The molecule has 28 heavy (non-hydrogen) atoms. The zero-order valence-corrected chi connectivity index (χ0v) is 17.2. The number of rotatable bonds is 5. The molecular weight excluding hydrogens is 368 g/mol. The molecule has 6 heteroatoms. The highest BCUT2D eigenvalue weighted by molar-refractivity contribution is 7.00. The molecule has 1 aliphatic rings. The quantitative estimate of drug-likeness (QED) is 0.683. The van der Waals surface area contributed by atoms with Crippen molar-refractivity contribution in [2.45, 2.75) is 39.2 Å². The number of anilines is 1. The van der Waals surface area contributed by atoms with Crippen molar-refractivity contribution < 1.29 is 4.79 Å². The van der Waals surface area contributed by atoms with E-state index in [2.05, 4.69) is 55.4 Å². The van der Waals surface area contributed by atoms with Gasteiger partial charge in [-0.3, -0.25) is 9.69 Å². The predicted octanol–water partition coefficient (Wildman–Crippen LogP) is 4.67. The molecule has 0 aliphatic carbocycles. The van der Waals surface area contributed by atoms with E-state index in [0.29, 0.717) is 5.92 Å². The van der Waals surface area contributed by atoms with Crippen LogP contribution >= 0.6 is 11.7 Å². The van der Waals surface area contributed by atoms with E-state index in [1.54, 1.807) is 0 Å². The number of hydrogen-bond donors (Lipinski definition) is 1. The van der Waals surface area contributed by atoms with Gasteiger partial charge < -0.3 is 5.32 Å². The molecule has 0 spiro atoms. The van der Waals surface area contributed by atoms with Crippen LogP contribution < -0.4 is 5.32 Å². The molecule has 2 aromatic carbocycles. The van der Waals surface area contributed by atoms with Crippen LogP contribution in [0, 0.1) is 5.92 Å². The molecule has 1 N–H and O–H groups in total. The van der Waals surface area contributed by atoms with Gasteiger partial charge in [0, 0.05) is 18.2 Å². The minimum Gasteiger partial charge on any atom is -0.326 e. The Kier molecular flexibility index (Phi) is 5.69. The van der Waals surface area contributed by atoms with Gasteiger partial charge >= 0.3 is 0 Å². The second-order valence-electron chi connectivity index (χ2n) is 7.91. The summed E-state index contributed by atoms with van der Waals surface area (Å²) in [5, 5.41) is 3.02. The lowest BCUT2D eigenvalue weighted by Gasteiger charge is -2.32. The third-order valence-corrected chi connectivity index (χ3v) is 6.02. The van der Waals surface area contributed by atoms with Crippen LogP contribution in [0.3, 0.4) is 0 Å². The molecular formula is C22H26N4OS. The fraction of sp³-hybridized carbons (Fsp3) is 0.409. The predicted molar refractivity (Wildman–Crippen MR) is 115 cm³/mol. The summed E-state index contributed by atoms with van der Waals surface area (Å²) in [6.07, 6.45) is 2.28. The van der Waals surface area contributed by atoms with Crippen molar-refractivity contribution in [3.05, 3.63) is 53.6 Å². The smallest absolute Gasteiger partial charge is 0.226 e. The molecule has 1 aromatic heterocycles. The van der Waals surface area contributed by atoms with Crippen LogP contribution in [0.5, 0.6) is 0 Å². The largest absolute Gasteiger partial charge is 0.326 e. The lowest BCUT2D eigenvalue weighted by atomic mass is 9.89. The summed E-state index contributed by atoms with van der Waals surface area (Å²) in [6, 6.07) is 14.7. The Bertz CT molecular complexity index is 960. The van der Waals surface area contributed by atoms with E-state index in [0.717, 1.165) is 49.2 Å². The number of carbonyl (C=O) groups excluding carboxylic acids is 1. The summed E-state index contributed by atoms with van der Waals surface area (Å²) in [5.74, 6) is 0.614. The molecule has 5 nitrogen and oxygen atoms in total. The molecule has 0 bridgehead atoms. The van der Waals surface area contributed by atoms with Gasteiger partial charge in [0.25, 0.3) is 0 Å². The van der Waals surface area contributed by atoms with Gasteiger partial charge in [-0.1, -0.05) is 32.0 Å². The molecule has 3 aromatic rings. The van der Waals surface area contributed by atoms with Crippen molar-refractivity contribution in [2.75, 3.05) is 18.4 Å². The van der Waals surface area contributed by atoms with E-state index < -0.39 is 0 Å². The molecule has 1 saturated heterocycles. The molecule has 1 aliphatic heterocycles. The molecule has 0 saturated carbocycles. The first-order valence-electron chi connectivity index (χ1n) is 9.93. The Labute approximate surface area is 170 Å². The molecule has 146 valence electrons. The van der Waals surface area contributed by atoms with E-state index >= 15 is 0 Å². The Hall–Kier alpha value is -2.31. The van der Waals surface area contributed by atoms with Gasteiger partial charge in [-0.2, -0.15) is 8.75 Å². The number of nitrogens with one attached hydrogen (secondary N) is 1. The maximum absolute atomic E-state index is 12.0. The van der Waals surface area contributed by atoms with Gasteiger partial charge in [0.2, 0.25) is 5.91 Å². The standard InChI is InChI=1S/C22H26N4OS/c1-15(2)22(27)23-19-5-3-4-18(13-19)17-8-10-26(11-9-17)14-16-6-7-20-21(12-16)25-28-24-20/h3-7,12-13,15,17H,8-11,14H2,1-2H3,(H,23,27). The van der Waals surface area contributed by atoms with Crippen LogP contribution in [0.4, 0.5) is 5.69 Å². The average Bonchev–Trinajstić information content (AvgIpc) is 3.16. The summed E-state index contributed by atoms with van der Waals surface area (Å²) in [6.45, 7) is 6.96. The highest BCUT2D eigenvalue weighted by Crippen LogP contribution is 2.30. The van der Waals surface area contributed by atoms with Crippen molar-refractivity contribution in [1.82, 2.24) is 13.6 Å². The molecule has 4 rings (SSSR count). The van der Waals surface area contributed by atoms with Gasteiger partial charge in [0.05, 0.1) is 11.7 Å². The minimum atomic E-state index is -0.00817. The molecule has 0 unspecified atom stereocenters. The number of carbonyl (C=O) groups is 1. The van der Waals surface area contributed by atoms with Gasteiger partial charge in [0.1, 0.15) is 11.0 Å². The highest BCUT2D eigenvalue weighted by atomic mass is 32.1. The molecule has 0 radical (unpaired) electrons. The average molecular weight is 395 g/mol. The van der Waals surface area contributed by atoms with Crippen LogP contribution in [-0.2, 0) is 11.3 Å². The fourth-order valence-corrected chi connectivity index (χ4v) is 4.28. The lowest BCUT2D eigenvalue weighted by molar-refractivity contribution is -0.118. The number of likely N-dealkylation sites (tertiary alicyclic amines) is 1. The molecule has 0 atom stereocenters. The topological polar surface area (TPSA) is 58.1 Å².